The molecule has 3 aromatic rings. The average molecular weight is 323 g/mol. The highest BCUT2D eigenvalue weighted by atomic mass is 16.4. The van der Waals surface area contributed by atoms with Crippen molar-refractivity contribution in [3.63, 3.8) is 0 Å². The van der Waals surface area contributed by atoms with Gasteiger partial charge in [-0.1, -0.05) is 50.2 Å². The van der Waals surface area contributed by atoms with Crippen molar-refractivity contribution in [2.75, 3.05) is 5.32 Å². The minimum absolute atomic E-state index is 0.0247. The summed E-state index contributed by atoms with van der Waals surface area (Å²) >= 11 is 0. The van der Waals surface area contributed by atoms with Gasteiger partial charge in [0.05, 0.1) is 12.1 Å². The number of nitrogens with zero attached hydrogens (tertiary/aromatic N) is 2. The quantitative estimate of drug-likeness (QED) is 0.726. The largest absolute Gasteiger partial charge is 0.481 e. The van der Waals surface area contributed by atoms with Crippen molar-refractivity contribution >= 4 is 17.4 Å². The van der Waals surface area contributed by atoms with E-state index in [1.807, 2.05) is 60.8 Å². The number of rotatable bonds is 6. The van der Waals surface area contributed by atoms with Crippen LogP contribution in [-0.4, -0.2) is 20.5 Å². The third-order valence-electron chi connectivity index (χ3n) is 4.07. The number of aliphatic carboxylic acids is 1. The molecule has 0 unspecified atom stereocenters. The molecule has 0 spiro atoms. The molecule has 2 N–H and O–H groups in total. The fraction of sp³-hybridized carbons (Fsp3) is 0.263. The maximum Gasteiger partial charge on any atom is 0.304 e. The summed E-state index contributed by atoms with van der Waals surface area (Å²) in [6.07, 6.45) is 1.97. The summed E-state index contributed by atoms with van der Waals surface area (Å²) in [6.45, 7) is 4.48. The molecule has 0 bridgehead atoms. The zero-order chi connectivity index (χ0) is 17.2. The van der Waals surface area contributed by atoms with E-state index in [1.54, 1.807) is 0 Å². The number of aromatic nitrogens is 2. The Hall–Kier alpha value is -2.82. The Morgan fingerprint density at radius 3 is 2.58 bits per heavy atom. The molecule has 0 aliphatic carbocycles. The van der Waals surface area contributed by atoms with Crippen LogP contribution in [0.2, 0.25) is 0 Å². The standard InChI is InChI=1S/C19H21N3O2/c1-19(2,12-16(23)24)17-18(20-13-14-8-4-3-5-9-14)22-11-7-6-10-15(22)21-17/h3-11,20H,12-13H2,1-2H3,(H,23,24). The summed E-state index contributed by atoms with van der Waals surface area (Å²) in [7, 11) is 0. The fourth-order valence-electron chi connectivity index (χ4n) is 2.88. The second kappa shape index (κ2) is 6.35. The summed E-state index contributed by atoms with van der Waals surface area (Å²) in [5, 5.41) is 12.7. The van der Waals surface area contributed by atoms with Crippen molar-refractivity contribution < 1.29 is 9.90 Å². The van der Waals surface area contributed by atoms with Crippen molar-refractivity contribution in [2.24, 2.45) is 0 Å². The van der Waals surface area contributed by atoms with Crippen LogP contribution in [0.4, 0.5) is 5.82 Å². The molecule has 2 heterocycles. The first-order valence-corrected chi connectivity index (χ1v) is 7.94. The Morgan fingerprint density at radius 2 is 1.88 bits per heavy atom. The number of carboxylic acids is 1. The van der Waals surface area contributed by atoms with E-state index in [-0.39, 0.29) is 6.42 Å². The number of pyridine rings is 1. The van der Waals surface area contributed by atoms with Crippen molar-refractivity contribution in [3.8, 4) is 0 Å². The molecule has 0 aliphatic heterocycles. The number of carboxylic acid groups (broad SMARTS) is 1. The lowest BCUT2D eigenvalue weighted by Crippen LogP contribution is -2.23. The van der Waals surface area contributed by atoms with Gasteiger partial charge >= 0.3 is 5.97 Å². The Kier molecular flexibility index (Phi) is 4.25. The van der Waals surface area contributed by atoms with Crippen LogP contribution in [-0.2, 0) is 16.8 Å². The van der Waals surface area contributed by atoms with Crippen molar-refractivity contribution in [1.29, 1.82) is 0 Å². The van der Waals surface area contributed by atoms with Crippen LogP contribution in [0.5, 0.6) is 0 Å². The summed E-state index contributed by atoms with van der Waals surface area (Å²) in [5.41, 5.74) is 2.16. The summed E-state index contributed by atoms with van der Waals surface area (Å²) in [5.74, 6) is 0.0202. The maximum absolute atomic E-state index is 11.2. The van der Waals surface area contributed by atoms with E-state index in [9.17, 15) is 9.90 Å². The first kappa shape index (κ1) is 16.1. The van der Waals surface area contributed by atoms with Crippen LogP contribution < -0.4 is 5.32 Å². The van der Waals surface area contributed by atoms with Crippen LogP contribution in [0.1, 0.15) is 31.5 Å². The van der Waals surface area contributed by atoms with Crippen molar-refractivity contribution in [3.05, 3.63) is 66.0 Å². The highest BCUT2D eigenvalue weighted by Crippen LogP contribution is 2.33. The van der Waals surface area contributed by atoms with Crippen LogP contribution in [0.3, 0.4) is 0 Å². The molecule has 2 aromatic heterocycles. The van der Waals surface area contributed by atoms with Gasteiger partial charge in [-0.3, -0.25) is 9.20 Å². The molecular formula is C19H21N3O2. The third-order valence-corrected chi connectivity index (χ3v) is 4.07. The molecule has 0 amide bonds. The number of fused-ring (bicyclic) bond motifs is 1. The predicted octanol–water partition coefficient (Wildman–Crippen LogP) is 3.70. The maximum atomic E-state index is 11.2. The van der Waals surface area contributed by atoms with Gasteiger partial charge in [-0.05, 0) is 17.7 Å². The van der Waals surface area contributed by atoms with Crippen LogP contribution in [0.25, 0.3) is 5.65 Å². The first-order valence-electron chi connectivity index (χ1n) is 7.94. The van der Waals surface area contributed by atoms with Crippen LogP contribution in [0, 0.1) is 0 Å². The van der Waals surface area contributed by atoms with E-state index < -0.39 is 11.4 Å². The van der Waals surface area contributed by atoms with Crippen molar-refractivity contribution in [1.82, 2.24) is 9.38 Å². The highest BCUT2D eigenvalue weighted by Gasteiger charge is 2.31. The zero-order valence-corrected chi connectivity index (χ0v) is 13.9. The Morgan fingerprint density at radius 1 is 1.17 bits per heavy atom. The molecule has 0 radical (unpaired) electrons. The monoisotopic (exact) mass is 323 g/mol. The number of carbonyl (C=O) groups is 1. The lowest BCUT2D eigenvalue weighted by atomic mass is 9.85. The topological polar surface area (TPSA) is 66.6 Å². The summed E-state index contributed by atoms with van der Waals surface area (Å²) in [4.78, 5) is 15.9. The Bertz CT molecular complexity index is 853. The predicted molar refractivity (Wildman–Crippen MR) is 94.2 cm³/mol. The van der Waals surface area contributed by atoms with Crippen molar-refractivity contribution in [2.45, 2.75) is 32.2 Å². The summed E-state index contributed by atoms with van der Waals surface area (Å²) in [6, 6.07) is 15.9. The Labute approximate surface area is 141 Å². The second-order valence-electron chi connectivity index (χ2n) is 6.53. The molecule has 0 saturated heterocycles. The molecule has 5 heteroatoms. The minimum Gasteiger partial charge on any atom is -0.481 e. The van der Waals surface area contributed by atoms with Crippen LogP contribution >= 0.6 is 0 Å². The van der Waals surface area contributed by atoms with Gasteiger partial charge in [-0.25, -0.2) is 4.98 Å². The van der Waals surface area contributed by atoms with Gasteiger partial charge in [-0.15, -0.1) is 0 Å². The Balaban J connectivity index is 2.00. The lowest BCUT2D eigenvalue weighted by Gasteiger charge is -2.22. The number of hydrogen-bond acceptors (Lipinski definition) is 3. The van der Waals surface area contributed by atoms with Gasteiger partial charge in [0.2, 0.25) is 0 Å². The van der Waals surface area contributed by atoms with E-state index in [2.05, 4.69) is 22.4 Å². The fourth-order valence-corrected chi connectivity index (χ4v) is 2.88. The molecular weight excluding hydrogens is 302 g/mol. The number of anilines is 1. The smallest absolute Gasteiger partial charge is 0.304 e. The molecule has 3 rings (SSSR count). The molecule has 24 heavy (non-hydrogen) atoms. The molecule has 0 fully saturated rings. The van der Waals surface area contributed by atoms with Gasteiger partial charge in [0, 0.05) is 18.2 Å². The number of nitrogens with one attached hydrogen (secondary N) is 1. The van der Waals surface area contributed by atoms with E-state index in [4.69, 9.17) is 0 Å². The highest BCUT2D eigenvalue weighted by molar-refractivity contribution is 5.70. The average Bonchev–Trinajstić information content (AvgIpc) is 2.92. The SMILES string of the molecule is CC(C)(CC(=O)O)c1nc2ccccn2c1NCc1ccccc1. The number of benzene rings is 1. The van der Waals surface area contributed by atoms with E-state index in [1.165, 1.54) is 0 Å². The van der Waals surface area contributed by atoms with E-state index in [0.29, 0.717) is 6.54 Å². The summed E-state index contributed by atoms with van der Waals surface area (Å²) < 4.78 is 1.97. The number of hydrogen-bond donors (Lipinski definition) is 2. The molecule has 124 valence electrons. The molecule has 5 nitrogen and oxygen atoms in total. The van der Waals surface area contributed by atoms with Gasteiger partial charge in [0.15, 0.2) is 0 Å². The molecule has 0 atom stereocenters. The molecule has 1 aromatic carbocycles. The van der Waals surface area contributed by atoms with E-state index in [0.717, 1.165) is 22.7 Å². The van der Waals surface area contributed by atoms with E-state index >= 15 is 0 Å². The molecule has 0 saturated carbocycles. The van der Waals surface area contributed by atoms with Gasteiger partial charge in [0.25, 0.3) is 0 Å². The zero-order valence-electron chi connectivity index (χ0n) is 13.9. The minimum atomic E-state index is -0.828. The number of imidazole rings is 1. The lowest BCUT2D eigenvalue weighted by molar-refractivity contribution is -0.138. The first-order chi connectivity index (χ1) is 11.5. The normalized spacial score (nSPS) is 11.6. The molecule has 0 aliphatic rings. The third kappa shape index (κ3) is 3.25. The van der Waals surface area contributed by atoms with Gasteiger partial charge in [0.1, 0.15) is 11.5 Å². The van der Waals surface area contributed by atoms with Gasteiger partial charge in [-0.2, -0.15) is 0 Å². The van der Waals surface area contributed by atoms with Gasteiger partial charge < -0.3 is 10.4 Å². The second-order valence-corrected chi connectivity index (χ2v) is 6.53. The van der Waals surface area contributed by atoms with Crippen LogP contribution in [0.15, 0.2) is 54.7 Å².